The predicted molar refractivity (Wildman–Crippen MR) is 114 cm³/mol. The van der Waals surface area contributed by atoms with Gasteiger partial charge in [-0.25, -0.2) is 0 Å². The van der Waals surface area contributed by atoms with Gasteiger partial charge in [0.25, 0.3) is 0 Å². The zero-order valence-electron chi connectivity index (χ0n) is 17.8. The maximum atomic E-state index is 13.1. The molecule has 3 heterocycles. The van der Waals surface area contributed by atoms with Gasteiger partial charge in [-0.1, -0.05) is 12.5 Å². The number of aromatic amines is 1. The number of aromatic nitrogens is 3. The van der Waals surface area contributed by atoms with Crippen molar-refractivity contribution in [2.45, 2.75) is 57.9 Å². The van der Waals surface area contributed by atoms with E-state index in [9.17, 15) is 9.59 Å². The average molecular weight is 410 g/mol. The topological polar surface area (TPSA) is 82.2 Å². The van der Waals surface area contributed by atoms with E-state index in [0.29, 0.717) is 38.9 Å². The molecule has 1 atom stereocenters. The van der Waals surface area contributed by atoms with Crippen LogP contribution in [0.4, 0.5) is 0 Å². The summed E-state index contributed by atoms with van der Waals surface area (Å²) in [5.74, 6) is 0.0972. The summed E-state index contributed by atoms with van der Waals surface area (Å²) in [6.07, 6.45) is 9.28. The van der Waals surface area contributed by atoms with Gasteiger partial charge in [0.15, 0.2) is 0 Å². The number of carbonyl (C=O) groups is 2. The first kappa shape index (κ1) is 20.6. The molecule has 0 saturated carbocycles. The van der Waals surface area contributed by atoms with E-state index in [2.05, 4.69) is 15.2 Å². The highest BCUT2D eigenvalue weighted by Crippen LogP contribution is 2.24. The number of likely N-dealkylation sites (tertiary alicyclic amines) is 1. The van der Waals surface area contributed by atoms with Crippen molar-refractivity contribution < 1.29 is 9.59 Å². The molecule has 7 heteroatoms. The van der Waals surface area contributed by atoms with Crippen LogP contribution in [-0.2, 0) is 35.4 Å². The Morgan fingerprint density at radius 2 is 2.10 bits per heavy atom. The van der Waals surface area contributed by atoms with E-state index < -0.39 is 0 Å². The number of hydrogen-bond donors (Lipinski definition) is 1. The van der Waals surface area contributed by atoms with Crippen molar-refractivity contribution in [3.63, 3.8) is 0 Å². The number of nitrogens with one attached hydrogen (secondary N) is 1. The minimum atomic E-state index is -0.144. The van der Waals surface area contributed by atoms with Crippen LogP contribution >= 0.6 is 0 Å². The SMILES string of the molecule is CN(Cc1n[nH]c2c1CCCCC2)C(=O)[C@@H]1CCC(=O)N(CCc2ccccn2)C1. The Labute approximate surface area is 177 Å². The van der Waals surface area contributed by atoms with E-state index in [-0.39, 0.29) is 17.7 Å². The number of aryl methyl sites for hydroxylation is 1. The fraction of sp³-hybridized carbons (Fsp3) is 0.565. The van der Waals surface area contributed by atoms with Crippen LogP contribution in [-0.4, -0.2) is 56.9 Å². The van der Waals surface area contributed by atoms with Crippen LogP contribution in [0.5, 0.6) is 0 Å². The van der Waals surface area contributed by atoms with Crippen molar-refractivity contribution in [3.05, 3.63) is 47.0 Å². The Morgan fingerprint density at radius 3 is 2.93 bits per heavy atom. The van der Waals surface area contributed by atoms with Gasteiger partial charge in [-0.05, 0) is 49.8 Å². The average Bonchev–Trinajstić information content (AvgIpc) is 2.98. The molecule has 1 saturated heterocycles. The lowest BCUT2D eigenvalue weighted by atomic mass is 9.95. The maximum Gasteiger partial charge on any atom is 0.227 e. The minimum Gasteiger partial charge on any atom is -0.342 e. The summed E-state index contributed by atoms with van der Waals surface area (Å²) < 4.78 is 0. The highest BCUT2D eigenvalue weighted by atomic mass is 16.2. The van der Waals surface area contributed by atoms with Gasteiger partial charge in [0.1, 0.15) is 0 Å². The van der Waals surface area contributed by atoms with E-state index >= 15 is 0 Å². The summed E-state index contributed by atoms with van der Waals surface area (Å²) in [6, 6.07) is 5.81. The third-order valence-corrected chi connectivity index (χ3v) is 6.37. The van der Waals surface area contributed by atoms with Crippen molar-refractivity contribution in [1.82, 2.24) is 25.0 Å². The van der Waals surface area contributed by atoms with Gasteiger partial charge in [0.05, 0.1) is 18.2 Å². The molecule has 1 aliphatic heterocycles. The molecule has 4 rings (SSSR count). The Bertz CT molecular complexity index is 879. The molecule has 0 unspecified atom stereocenters. The van der Waals surface area contributed by atoms with E-state index in [0.717, 1.165) is 24.2 Å². The molecule has 30 heavy (non-hydrogen) atoms. The predicted octanol–water partition coefficient (Wildman–Crippen LogP) is 2.51. The van der Waals surface area contributed by atoms with Crippen molar-refractivity contribution in [1.29, 1.82) is 0 Å². The highest BCUT2D eigenvalue weighted by molar-refractivity contribution is 5.83. The third-order valence-electron chi connectivity index (χ3n) is 6.37. The number of pyridine rings is 1. The Kier molecular flexibility index (Phi) is 6.45. The summed E-state index contributed by atoms with van der Waals surface area (Å²) in [4.78, 5) is 33.4. The van der Waals surface area contributed by atoms with Gasteiger partial charge in [-0.2, -0.15) is 5.10 Å². The number of rotatable bonds is 6. The number of nitrogens with zero attached hydrogens (tertiary/aromatic N) is 4. The van der Waals surface area contributed by atoms with Crippen molar-refractivity contribution >= 4 is 11.8 Å². The number of H-pyrrole nitrogens is 1. The van der Waals surface area contributed by atoms with Crippen LogP contribution in [0.2, 0.25) is 0 Å². The second-order valence-corrected chi connectivity index (χ2v) is 8.53. The molecule has 0 aromatic carbocycles. The summed E-state index contributed by atoms with van der Waals surface area (Å²) >= 11 is 0. The highest BCUT2D eigenvalue weighted by Gasteiger charge is 2.32. The van der Waals surface area contributed by atoms with Crippen LogP contribution in [0.25, 0.3) is 0 Å². The number of fused-ring (bicyclic) bond motifs is 1. The van der Waals surface area contributed by atoms with Crippen molar-refractivity contribution in [2.24, 2.45) is 5.92 Å². The van der Waals surface area contributed by atoms with Gasteiger partial charge >= 0.3 is 0 Å². The molecule has 2 aromatic heterocycles. The van der Waals surface area contributed by atoms with Crippen LogP contribution in [0.15, 0.2) is 24.4 Å². The first-order valence-electron chi connectivity index (χ1n) is 11.1. The fourth-order valence-corrected chi connectivity index (χ4v) is 4.60. The molecule has 1 aliphatic carbocycles. The number of hydrogen-bond acceptors (Lipinski definition) is 4. The molecular weight excluding hydrogens is 378 g/mol. The second-order valence-electron chi connectivity index (χ2n) is 8.53. The molecule has 1 fully saturated rings. The summed E-state index contributed by atoms with van der Waals surface area (Å²) in [5, 5.41) is 7.70. The monoisotopic (exact) mass is 409 g/mol. The van der Waals surface area contributed by atoms with Gasteiger partial charge < -0.3 is 9.80 Å². The van der Waals surface area contributed by atoms with E-state index in [1.807, 2.05) is 30.1 Å². The summed E-state index contributed by atoms with van der Waals surface area (Å²) in [5.41, 5.74) is 4.52. The second kappa shape index (κ2) is 9.41. The Hall–Kier alpha value is -2.70. The smallest absolute Gasteiger partial charge is 0.227 e. The van der Waals surface area contributed by atoms with Gasteiger partial charge in [-0.3, -0.25) is 19.7 Å². The quantitative estimate of drug-likeness (QED) is 0.743. The molecule has 1 N–H and O–H groups in total. The van der Waals surface area contributed by atoms with Crippen molar-refractivity contribution in [2.75, 3.05) is 20.1 Å². The van der Waals surface area contributed by atoms with Crippen molar-refractivity contribution in [3.8, 4) is 0 Å². The van der Waals surface area contributed by atoms with Crippen LogP contribution in [0, 0.1) is 5.92 Å². The Balaban J connectivity index is 1.35. The zero-order valence-corrected chi connectivity index (χ0v) is 17.8. The standard InChI is InChI=1S/C23H31N5O2/c1-27(16-21-19-8-3-2-4-9-20(19)25-26-21)23(30)17-10-11-22(29)28(15-17)14-12-18-7-5-6-13-24-18/h5-7,13,17H,2-4,8-12,14-16H2,1H3,(H,25,26)/t17-/m1/s1. The van der Waals surface area contributed by atoms with E-state index in [1.165, 1.54) is 30.5 Å². The lowest BCUT2D eigenvalue weighted by Gasteiger charge is -2.33. The first-order chi connectivity index (χ1) is 14.6. The first-order valence-corrected chi connectivity index (χ1v) is 11.1. The number of piperidine rings is 1. The van der Waals surface area contributed by atoms with Crippen LogP contribution < -0.4 is 0 Å². The number of amides is 2. The van der Waals surface area contributed by atoms with Crippen LogP contribution in [0.3, 0.4) is 0 Å². The molecule has 2 amide bonds. The lowest BCUT2D eigenvalue weighted by Crippen LogP contribution is -2.46. The molecule has 0 bridgehead atoms. The Morgan fingerprint density at radius 1 is 1.23 bits per heavy atom. The van der Waals surface area contributed by atoms with E-state index in [1.54, 1.807) is 11.1 Å². The molecule has 0 radical (unpaired) electrons. The van der Waals surface area contributed by atoms with Gasteiger partial charge in [0, 0.05) is 50.6 Å². The molecule has 2 aromatic rings. The normalized spacial score (nSPS) is 19.3. The summed E-state index contributed by atoms with van der Waals surface area (Å²) in [6.45, 7) is 1.63. The lowest BCUT2D eigenvalue weighted by molar-refractivity contribution is -0.142. The molecule has 7 nitrogen and oxygen atoms in total. The molecule has 0 spiro atoms. The van der Waals surface area contributed by atoms with Gasteiger partial charge in [0.2, 0.25) is 11.8 Å². The summed E-state index contributed by atoms with van der Waals surface area (Å²) in [7, 11) is 1.86. The number of carbonyl (C=O) groups excluding carboxylic acids is 2. The third kappa shape index (κ3) is 4.71. The minimum absolute atomic E-state index is 0.107. The zero-order chi connectivity index (χ0) is 20.9. The fourth-order valence-electron chi connectivity index (χ4n) is 4.60. The largest absolute Gasteiger partial charge is 0.342 e. The molecular formula is C23H31N5O2. The van der Waals surface area contributed by atoms with Gasteiger partial charge in [-0.15, -0.1) is 0 Å². The van der Waals surface area contributed by atoms with E-state index in [4.69, 9.17) is 0 Å². The molecule has 2 aliphatic rings. The van der Waals surface area contributed by atoms with Crippen LogP contribution in [0.1, 0.15) is 54.7 Å². The molecule has 160 valence electrons. The maximum absolute atomic E-state index is 13.1.